The van der Waals surface area contributed by atoms with Crippen LogP contribution < -0.4 is 0 Å². The van der Waals surface area contributed by atoms with E-state index in [4.69, 9.17) is 4.74 Å². The number of esters is 1. The minimum atomic E-state index is -0.283. The third-order valence-electron chi connectivity index (χ3n) is 3.32. The average molecular weight is 280 g/mol. The summed E-state index contributed by atoms with van der Waals surface area (Å²) in [6, 6.07) is 15.5. The van der Waals surface area contributed by atoms with Gasteiger partial charge in [-0.05, 0) is 36.8 Å². The number of benzene rings is 2. The first kappa shape index (κ1) is 13.4. The zero-order chi connectivity index (χ0) is 14.7. The maximum atomic E-state index is 11.8. The number of nitrogens with zero attached hydrogens (tertiary/aromatic N) is 2. The van der Waals surface area contributed by atoms with Gasteiger partial charge in [0.15, 0.2) is 0 Å². The Bertz CT molecular complexity index is 777. The van der Waals surface area contributed by atoms with Gasteiger partial charge in [-0.25, -0.2) is 9.78 Å². The fraction of sp³-hybridized carbons (Fsp3) is 0.176. The van der Waals surface area contributed by atoms with Crippen molar-refractivity contribution in [2.45, 2.75) is 13.5 Å². The number of hydrogen-bond donors (Lipinski definition) is 0. The standard InChI is InChI=1S/C17H16N2O2/c1-2-21-17(20)14-7-5-6-13(10-14)11-19-12-18-15-8-3-4-9-16(15)19/h3-10,12H,2,11H2,1H3. The molecule has 3 aromatic rings. The zero-order valence-electron chi connectivity index (χ0n) is 11.8. The van der Waals surface area contributed by atoms with Gasteiger partial charge in [0, 0.05) is 6.54 Å². The van der Waals surface area contributed by atoms with Gasteiger partial charge >= 0.3 is 5.97 Å². The molecule has 0 aliphatic carbocycles. The van der Waals surface area contributed by atoms with Gasteiger partial charge in [-0.2, -0.15) is 0 Å². The van der Waals surface area contributed by atoms with E-state index in [0.717, 1.165) is 16.6 Å². The highest BCUT2D eigenvalue weighted by molar-refractivity contribution is 5.89. The van der Waals surface area contributed by atoms with E-state index in [1.165, 1.54) is 0 Å². The van der Waals surface area contributed by atoms with Crippen LogP contribution in [0.2, 0.25) is 0 Å². The summed E-state index contributed by atoms with van der Waals surface area (Å²) in [6.45, 7) is 2.86. The number of fused-ring (bicyclic) bond motifs is 1. The maximum absolute atomic E-state index is 11.8. The molecule has 0 N–H and O–H groups in total. The Morgan fingerprint density at radius 1 is 1.19 bits per heavy atom. The summed E-state index contributed by atoms with van der Waals surface area (Å²) in [6.07, 6.45) is 1.82. The van der Waals surface area contributed by atoms with Crippen molar-refractivity contribution in [3.05, 3.63) is 66.0 Å². The second-order valence-corrected chi connectivity index (χ2v) is 4.78. The molecule has 0 aliphatic heterocycles. The van der Waals surface area contributed by atoms with Crippen LogP contribution in [-0.4, -0.2) is 22.1 Å². The van der Waals surface area contributed by atoms with Crippen LogP contribution in [-0.2, 0) is 11.3 Å². The van der Waals surface area contributed by atoms with Gasteiger partial charge in [-0.15, -0.1) is 0 Å². The fourth-order valence-corrected chi connectivity index (χ4v) is 2.34. The van der Waals surface area contributed by atoms with Crippen molar-refractivity contribution in [1.29, 1.82) is 0 Å². The number of imidazole rings is 1. The van der Waals surface area contributed by atoms with E-state index < -0.39 is 0 Å². The first-order valence-electron chi connectivity index (χ1n) is 6.94. The summed E-state index contributed by atoms with van der Waals surface area (Å²) in [5.41, 5.74) is 3.68. The van der Waals surface area contributed by atoms with Crippen molar-refractivity contribution in [2.24, 2.45) is 0 Å². The SMILES string of the molecule is CCOC(=O)c1cccc(Cn2cnc3ccccc32)c1. The lowest BCUT2D eigenvalue weighted by molar-refractivity contribution is 0.0526. The molecule has 1 aromatic heterocycles. The molecule has 0 radical (unpaired) electrons. The highest BCUT2D eigenvalue weighted by Crippen LogP contribution is 2.15. The molecule has 0 amide bonds. The number of para-hydroxylation sites is 2. The van der Waals surface area contributed by atoms with E-state index in [9.17, 15) is 4.79 Å². The molecule has 21 heavy (non-hydrogen) atoms. The molecule has 0 spiro atoms. The molecule has 3 rings (SSSR count). The third-order valence-corrected chi connectivity index (χ3v) is 3.32. The molecule has 1 heterocycles. The van der Waals surface area contributed by atoms with Crippen LogP contribution in [0.5, 0.6) is 0 Å². The van der Waals surface area contributed by atoms with Crippen LogP contribution in [0.4, 0.5) is 0 Å². The second-order valence-electron chi connectivity index (χ2n) is 4.78. The Kier molecular flexibility index (Phi) is 3.69. The summed E-state index contributed by atoms with van der Waals surface area (Å²) in [7, 11) is 0. The lowest BCUT2D eigenvalue weighted by Crippen LogP contribution is -2.06. The van der Waals surface area contributed by atoms with E-state index in [0.29, 0.717) is 18.7 Å². The predicted molar refractivity (Wildman–Crippen MR) is 81.2 cm³/mol. The highest BCUT2D eigenvalue weighted by Gasteiger charge is 2.08. The minimum absolute atomic E-state index is 0.283. The van der Waals surface area contributed by atoms with Crippen LogP contribution in [0.25, 0.3) is 11.0 Å². The van der Waals surface area contributed by atoms with Gasteiger partial charge in [0.25, 0.3) is 0 Å². The zero-order valence-corrected chi connectivity index (χ0v) is 11.8. The van der Waals surface area contributed by atoms with Crippen molar-refractivity contribution in [3.8, 4) is 0 Å². The predicted octanol–water partition coefficient (Wildman–Crippen LogP) is 3.26. The number of rotatable bonds is 4. The Morgan fingerprint density at radius 3 is 2.90 bits per heavy atom. The first-order valence-corrected chi connectivity index (χ1v) is 6.94. The van der Waals surface area contributed by atoms with Gasteiger partial charge in [0.2, 0.25) is 0 Å². The number of carbonyl (C=O) groups is 1. The van der Waals surface area contributed by atoms with Crippen molar-refractivity contribution in [3.63, 3.8) is 0 Å². The molecule has 0 aliphatic rings. The third kappa shape index (κ3) is 2.79. The summed E-state index contributed by atoms with van der Waals surface area (Å²) >= 11 is 0. The summed E-state index contributed by atoms with van der Waals surface area (Å²) in [4.78, 5) is 16.1. The Balaban J connectivity index is 1.88. The molecule has 4 heteroatoms. The Labute approximate surface area is 123 Å². The average Bonchev–Trinajstić information content (AvgIpc) is 2.91. The lowest BCUT2D eigenvalue weighted by Gasteiger charge is -2.07. The summed E-state index contributed by atoms with van der Waals surface area (Å²) in [5.74, 6) is -0.283. The second kappa shape index (κ2) is 5.79. The summed E-state index contributed by atoms with van der Waals surface area (Å²) in [5, 5.41) is 0. The minimum Gasteiger partial charge on any atom is -0.462 e. The van der Waals surface area contributed by atoms with E-state index in [2.05, 4.69) is 9.55 Å². The molecular formula is C17H16N2O2. The molecule has 4 nitrogen and oxygen atoms in total. The molecule has 0 saturated heterocycles. The molecule has 0 fully saturated rings. The van der Waals surface area contributed by atoms with Gasteiger partial charge in [0.1, 0.15) is 0 Å². The number of ether oxygens (including phenoxy) is 1. The molecular weight excluding hydrogens is 264 g/mol. The number of aromatic nitrogens is 2. The van der Waals surface area contributed by atoms with Crippen molar-refractivity contribution in [2.75, 3.05) is 6.61 Å². The summed E-state index contributed by atoms with van der Waals surface area (Å²) < 4.78 is 7.10. The van der Waals surface area contributed by atoms with Gasteiger partial charge in [-0.1, -0.05) is 24.3 Å². The van der Waals surface area contributed by atoms with Gasteiger partial charge in [0.05, 0.1) is 29.5 Å². The first-order chi connectivity index (χ1) is 10.3. The van der Waals surface area contributed by atoms with Crippen molar-refractivity contribution >= 4 is 17.0 Å². The van der Waals surface area contributed by atoms with Crippen LogP contribution in [0.15, 0.2) is 54.9 Å². The van der Waals surface area contributed by atoms with E-state index in [-0.39, 0.29) is 5.97 Å². The Morgan fingerprint density at radius 2 is 2.05 bits per heavy atom. The normalized spacial score (nSPS) is 10.7. The van der Waals surface area contributed by atoms with Gasteiger partial charge < -0.3 is 9.30 Å². The van der Waals surface area contributed by atoms with Crippen LogP contribution >= 0.6 is 0 Å². The van der Waals surface area contributed by atoms with Crippen LogP contribution in [0.3, 0.4) is 0 Å². The van der Waals surface area contributed by atoms with E-state index in [1.807, 2.05) is 48.8 Å². The smallest absolute Gasteiger partial charge is 0.338 e. The van der Waals surface area contributed by atoms with E-state index >= 15 is 0 Å². The van der Waals surface area contributed by atoms with Crippen molar-refractivity contribution in [1.82, 2.24) is 9.55 Å². The molecule has 106 valence electrons. The highest BCUT2D eigenvalue weighted by atomic mass is 16.5. The van der Waals surface area contributed by atoms with Crippen molar-refractivity contribution < 1.29 is 9.53 Å². The fourth-order valence-electron chi connectivity index (χ4n) is 2.34. The Hall–Kier alpha value is -2.62. The maximum Gasteiger partial charge on any atom is 0.338 e. The topological polar surface area (TPSA) is 44.1 Å². The lowest BCUT2D eigenvalue weighted by atomic mass is 10.1. The molecule has 0 bridgehead atoms. The number of hydrogen-bond acceptors (Lipinski definition) is 3. The van der Waals surface area contributed by atoms with Crippen LogP contribution in [0.1, 0.15) is 22.8 Å². The molecule has 0 saturated carbocycles. The largest absolute Gasteiger partial charge is 0.462 e. The number of carbonyl (C=O) groups excluding carboxylic acids is 1. The molecule has 2 aromatic carbocycles. The van der Waals surface area contributed by atoms with Crippen LogP contribution in [0, 0.1) is 0 Å². The van der Waals surface area contributed by atoms with Gasteiger partial charge in [-0.3, -0.25) is 0 Å². The quantitative estimate of drug-likeness (QED) is 0.689. The molecule has 0 unspecified atom stereocenters. The van der Waals surface area contributed by atoms with E-state index in [1.54, 1.807) is 13.0 Å². The molecule has 0 atom stereocenters. The monoisotopic (exact) mass is 280 g/mol.